The van der Waals surface area contributed by atoms with Gasteiger partial charge < -0.3 is 4.43 Å². The van der Waals surface area contributed by atoms with Crippen LogP contribution in [0.25, 0.3) is 0 Å². The molecule has 2 aliphatic carbocycles. The average Bonchev–Trinajstić information content (AvgIpc) is 3.05. The van der Waals surface area contributed by atoms with Gasteiger partial charge in [-0.3, -0.25) is 4.79 Å². The summed E-state index contributed by atoms with van der Waals surface area (Å²) in [6, 6.07) is 2.35. The van der Waals surface area contributed by atoms with Crippen LogP contribution in [0.5, 0.6) is 0 Å². The van der Waals surface area contributed by atoms with Crippen molar-refractivity contribution in [1.29, 1.82) is 5.26 Å². The zero-order valence-corrected chi connectivity index (χ0v) is 16.2. The number of hydrogen-bond acceptors (Lipinski definition) is 3. The van der Waals surface area contributed by atoms with Crippen LogP contribution in [-0.2, 0) is 9.22 Å². The molecular weight excluding hydrogens is 290 g/mol. The Balaban J connectivity index is 2.39. The lowest BCUT2D eigenvalue weighted by Gasteiger charge is -2.41. The molecular formula is C18H29NO2Si. The molecule has 2 rings (SSSR count). The monoisotopic (exact) mass is 319 g/mol. The number of carbonyl (C=O) groups excluding carboxylic acids is 1. The van der Waals surface area contributed by atoms with Crippen LogP contribution in [0.15, 0.2) is 11.1 Å². The largest absolute Gasteiger partial charge is 0.413 e. The minimum absolute atomic E-state index is 0.0122. The molecule has 2 aliphatic rings. The second-order valence-electron chi connectivity index (χ2n) is 8.73. The second kappa shape index (κ2) is 5.04. The maximum atomic E-state index is 12.6. The van der Waals surface area contributed by atoms with E-state index in [1.165, 1.54) is 0 Å². The van der Waals surface area contributed by atoms with Crippen molar-refractivity contribution in [2.75, 3.05) is 0 Å². The standard InChI is InChI=1S/C18H29NO2Si/c1-11(2)14-15-13(21-22(7,8)17(4,5)6)9-12(3)16(20)18(14,15)10-19/h12-13,15H,9H2,1-8H3/t12-,13+,15-,18+/m1/s1. The van der Waals surface area contributed by atoms with Crippen molar-refractivity contribution in [3.8, 4) is 6.07 Å². The molecule has 0 N–H and O–H groups in total. The number of rotatable bonds is 2. The summed E-state index contributed by atoms with van der Waals surface area (Å²) >= 11 is 0. The van der Waals surface area contributed by atoms with E-state index in [0.717, 1.165) is 17.6 Å². The second-order valence-corrected chi connectivity index (χ2v) is 13.5. The zero-order valence-electron chi connectivity index (χ0n) is 15.2. The van der Waals surface area contributed by atoms with Crippen molar-refractivity contribution in [3.05, 3.63) is 11.1 Å². The minimum Gasteiger partial charge on any atom is -0.413 e. The van der Waals surface area contributed by atoms with Crippen molar-refractivity contribution in [1.82, 2.24) is 0 Å². The summed E-state index contributed by atoms with van der Waals surface area (Å²) in [5, 5.41) is 9.86. The minimum atomic E-state index is -1.91. The molecule has 3 nitrogen and oxygen atoms in total. The fraction of sp³-hybridized carbons (Fsp3) is 0.778. The first-order valence-corrected chi connectivity index (χ1v) is 11.1. The molecule has 0 bridgehead atoms. The lowest BCUT2D eigenvalue weighted by atomic mass is 9.79. The van der Waals surface area contributed by atoms with Crippen LogP contribution in [0, 0.1) is 28.6 Å². The SMILES string of the molecule is CC(C)=C1[C@H]2[C@@H](O[Si](C)(C)C(C)(C)C)C[C@@H](C)C(=O)[C@@]12C#N. The number of carbonyl (C=O) groups is 1. The van der Waals surface area contributed by atoms with E-state index in [0.29, 0.717) is 0 Å². The Morgan fingerprint density at radius 3 is 2.32 bits per heavy atom. The zero-order chi connectivity index (χ0) is 17.1. The molecule has 4 heteroatoms. The normalized spacial score (nSPS) is 35.0. The Hall–Kier alpha value is -0.923. The molecule has 0 aromatic heterocycles. The highest BCUT2D eigenvalue weighted by molar-refractivity contribution is 6.74. The summed E-state index contributed by atoms with van der Waals surface area (Å²) in [4.78, 5) is 12.6. The van der Waals surface area contributed by atoms with Gasteiger partial charge in [0.1, 0.15) is 5.41 Å². The number of fused-ring (bicyclic) bond motifs is 1. The molecule has 0 aromatic rings. The smallest absolute Gasteiger partial charge is 0.192 e. The Labute approximate surface area is 135 Å². The van der Waals surface area contributed by atoms with Crippen molar-refractivity contribution in [2.45, 2.75) is 72.2 Å². The predicted molar refractivity (Wildman–Crippen MR) is 90.8 cm³/mol. The van der Waals surface area contributed by atoms with Gasteiger partial charge in [-0.1, -0.05) is 33.3 Å². The third-order valence-corrected chi connectivity index (χ3v) is 10.4. The van der Waals surface area contributed by atoms with Gasteiger partial charge in [-0.2, -0.15) is 5.26 Å². The molecule has 2 saturated carbocycles. The number of nitrogens with zero attached hydrogens (tertiary/aromatic N) is 1. The van der Waals surface area contributed by atoms with Crippen LogP contribution in [0.1, 0.15) is 48.0 Å². The van der Waals surface area contributed by atoms with Crippen molar-refractivity contribution in [2.24, 2.45) is 17.3 Å². The van der Waals surface area contributed by atoms with Crippen LogP contribution in [0.2, 0.25) is 18.1 Å². The molecule has 0 unspecified atom stereocenters. The van der Waals surface area contributed by atoms with E-state index in [2.05, 4.69) is 39.9 Å². The molecule has 0 amide bonds. The van der Waals surface area contributed by atoms with Crippen LogP contribution in [-0.4, -0.2) is 20.2 Å². The summed E-state index contributed by atoms with van der Waals surface area (Å²) in [7, 11) is -1.91. The third-order valence-electron chi connectivity index (χ3n) is 5.88. The summed E-state index contributed by atoms with van der Waals surface area (Å²) in [6.45, 7) is 17.1. The van der Waals surface area contributed by atoms with Crippen molar-refractivity contribution < 1.29 is 9.22 Å². The highest BCUT2D eigenvalue weighted by Gasteiger charge is 2.72. The molecule has 0 saturated heterocycles. The molecule has 0 spiro atoms. The topological polar surface area (TPSA) is 50.1 Å². The molecule has 0 aliphatic heterocycles. The fourth-order valence-corrected chi connectivity index (χ4v) is 4.99. The van der Waals surface area contributed by atoms with Crippen molar-refractivity contribution in [3.63, 3.8) is 0 Å². The van der Waals surface area contributed by atoms with E-state index >= 15 is 0 Å². The summed E-state index contributed by atoms with van der Waals surface area (Å²) < 4.78 is 6.62. The lowest BCUT2D eigenvalue weighted by molar-refractivity contribution is -0.129. The molecule has 0 aromatic carbocycles. The number of nitriles is 1. The van der Waals surface area contributed by atoms with Gasteiger partial charge in [0.25, 0.3) is 0 Å². The van der Waals surface area contributed by atoms with E-state index in [-0.39, 0.29) is 28.8 Å². The van der Waals surface area contributed by atoms with Gasteiger partial charge in [0.15, 0.2) is 14.1 Å². The van der Waals surface area contributed by atoms with E-state index in [4.69, 9.17) is 4.43 Å². The van der Waals surface area contributed by atoms with Crippen LogP contribution >= 0.6 is 0 Å². The third kappa shape index (κ3) is 2.30. The van der Waals surface area contributed by atoms with Gasteiger partial charge in [-0.25, -0.2) is 0 Å². The quantitative estimate of drug-likeness (QED) is 0.557. The maximum Gasteiger partial charge on any atom is 0.192 e. The Bertz CT molecular complexity index is 575. The van der Waals surface area contributed by atoms with Crippen LogP contribution in [0.4, 0.5) is 0 Å². The first-order valence-electron chi connectivity index (χ1n) is 8.21. The molecule has 4 atom stereocenters. The van der Waals surface area contributed by atoms with E-state index < -0.39 is 13.7 Å². The maximum absolute atomic E-state index is 12.6. The number of hydrogen-bond donors (Lipinski definition) is 0. The predicted octanol–water partition coefficient (Wildman–Crippen LogP) is 4.46. The first-order chi connectivity index (χ1) is 9.90. The van der Waals surface area contributed by atoms with Gasteiger partial charge in [0, 0.05) is 11.8 Å². The van der Waals surface area contributed by atoms with Gasteiger partial charge in [-0.15, -0.1) is 0 Å². The van der Waals surface area contributed by atoms with Gasteiger partial charge in [0.05, 0.1) is 12.2 Å². The number of allylic oxidation sites excluding steroid dienone is 1. The van der Waals surface area contributed by atoms with Gasteiger partial charge >= 0.3 is 0 Å². The molecule has 122 valence electrons. The van der Waals surface area contributed by atoms with Crippen LogP contribution in [0.3, 0.4) is 0 Å². The van der Waals surface area contributed by atoms with Gasteiger partial charge in [0.2, 0.25) is 0 Å². The Morgan fingerprint density at radius 1 is 1.36 bits per heavy atom. The van der Waals surface area contributed by atoms with Crippen LogP contribution < -0.4 is 0 Å². The van der Waals surface area contributed by atoms with Gasteiger partial charge in [-0.05, 0) is 44.0 Å². The average molecular weight is 320 g/mol. The number of ketones is 1. The van der Waals surface area contributed by atoms with E-state index in [1.54, 1.807) is 0 Å². The highest BCUT2D eigenvalue weighted by atomic mass is 28.4. The molecule has 0 heterocycles. The van der Waals surface area contributed by atoms with E-state index in [1.807, 2.05) is 20.8 Å². The summed E-state index contributed by atoms with van der Waals surface area (Å²) in [6.07, 6.45) is 0.758. The lowest BCUT2D eigenvalue weighted by Crippen LogP contribution is -2.47. The Kier molecular flexibility index (Phi) is 3.99. The first kappa shape index (κ1) is 17.4. The summed E-state index contributed by atoms with van der Waals surface area (Å²) in [5.41, 5.74) is 1.26. The fourth-order valence-electron chi connectivity index (χ4n) is 3.65. The molecule has 2 fully saturated rings. The molecule has 22 heavy (non-hydrogen) atoms. The Morgan fingerprint density at radius 2 is 1.91 bits per heavy atom. The highest BCUT2D eigenvalue weighted by Crippen LogP contribution is 2.67. The van der Waals surface area contributed by atoms with Crippen molar-refractivity contribution >= 4 is 14.1 Å². The molecule has 0 radical (unpaired) electrons. The van der Waals surface area contributed by atoms with E-state index in [9.17, 15) is 10.1 Å². The number of Topliss-reactive ketones (excluding diaryl/α,β-unsaturated/α-hetero) is 1. The summed E-state index contributed by atoms with van der Waals surface area (Å²) in [5.74, 6) is -0.00544.